The third kappa shape index (κ3) is 4.93. The van der Waals surface area contributed by atoms with Gasteiger partial charge < -0.3 is 0 Å². The monoisotopic (exact) mass is 268 g/mol. The first kappa shape index (κ1) is 12.7. The van der Waals surface area contributed by atoms with Crippen molar-refractivity contribution in [3.05, 3.63) is 24.3 Å². The predicted molar refractivity (Wildman–Crippen MR) is 56.8 cm³/mol. The molecule has 0 atom stereocenters. The van der Waals surface area contributed by atoms with Crippen LogP contribution in [0.25, 0.3) is 0 Å². The number of benzene rings is 1. The second-order valence-electron chi connectivity index (χ2n) is 2.74. The minimum atomic E-state index is -4.43. The minimum Gasteiger partial charge on any atom is -0.269 e. The Kier molecular flexibility index (Phi) is 3.38. The second kappa shape index (κ2) is 4.25. The van der Waals surface area contributed by atoms with Crippen LogP contribution in [0.3, 0.4) is 0 Å². The van der Waals surface area contributed by atoms with E-state index in [9.17, 15) is 16.8 Å². The first-order valence-electron chi connectivity index (χ1n) is 3.76. The van der Waals surface area contributed by atoms with Crippen LogP contribution >= 0.6 is 0 Å². The van der Waals surface area contributed by atoms with Crippen molar-refractivity contribution in [2.24, 2.45) is 0 Å². The molecular formula is C6H8N2O6S2. The van der Waals surface area contributed by atoms with Crippen LogP contribution in [0.15, 0.2) is 24.3 Å². The fraction of sp³-hybridized carbons (Fsp3) is 0. The van der Waals surface area contributed by atoms with Crippen LogP contribution in [0.2, 0.25) is 0 Å². The number of hydrogen-bond acceptors (Lipinski definition) is 4. The van der Waals surface area contributed by atoms with Crippen molar-refractivity contribution in [1.82, 2.24) is 0 Å². The lowest BCUT2D eigenvalue weighted by atomic mass is 10.3. The van der Waals surface area contributed by atoms with E-state index in [1.54, 1.807) is 9.44 Å². The highest BCUT2D eigenvalue weighted by atomic mass is 32.2. The zero-order valence-corrected chi connectivity index (χ0v) is 9.29. The topological polar surface area (TPSA) is 133 Å². The van der Waals surface area contributed by atoms with E-state index in [0.717, 1.165) is 6.07 Å². The van der Waals surface area contributed by atoms with Crippen molar-refractivity contribution < 1.29 is 25.9 Å². The minimum absolute atomic E-state index is 0.0591. The highest BCUT2D eigenvalue weighted by Crippen LogP contribution is 2.16. The summed E-state index contributed by atoms with van der Waals surface area (Å²) in [6.07, 6.45) is 0. The molecule has 1 rings (SSSR count). The summed E-state index contributed by atoms with van der Waals surface area (Å²) in [5.41, 5.74) is -0.118. The summed E-state index contributed by atoms with van der Waals surface area (Å²) in [4.78, 5) is 0. The molecule has 0 fully saturated rings. The van der Waals surface area contributed by atoms with E-state index in [2.05, 4.69) is 0 Å². The van der Waals surface area contributed by atoms with Crippen LogP contribution in [0.4, 0.5) is 11.4 Å². The van der Waals surface area contributed by atoms with Gasteiger partial charge in [-0.1, -0.05) is 6.07 Å². The molecule has 16 heavy (non-hydrogen) atoms. The van der Waals surface area contributed by atoms with Gasteiger partial charge in [-0.15, -0.1) is 0 Å². The first-order valence-corrected chi connectivity index (χ1v) is 6.64. The summed E-state index contributed by atoms with van der Waals surface area (Å²) in [6, 6.07) is 4.95. The molecule has 90 valence electrons. The molecule has 1 aromatic carbocycles. The third-order valence-electron chi connectivity index (χ3n) is 1.36. The van der Waals surface area contributed by atoms with Gasteiger partial charge >= 0.3 is 20.6 Å². The zero-order valence-electron chi connectivity index (χ0n) is 7.65. The number of anilines is 2. The first-order chi connectivity index (χ1) is 7.16. The van der Waals surface area contributed by atoms with Crippen molar-refractivity contribution in [1.29, 1.82) is 0 Å². The van der Waals surface area contributed by atoms with Gasteiger partial charge in [-0.25, -0.2) is 0 Å². The largest absolute Gasteiger partial charge is 0.357 e. The lowest BCUT2D eigenvalue weighted by Gasteiger charge is -2.05. The molecule has 0 saturated carbocycles. The Bertz CT molecular complexity index is 530. The van der Waals surface area contributed by atoms with Gasteiger partial charge in [0, 0.05) is 0 Å². The summed E-state index contributed by atoms with van der Waals surface area (Å²) in [5, 5.41) is 0. The molecule has 8 nitrogen and oxygen atoms in total. The number of rotatable bonds is 4. The van der Waals surface area contributed by atoms with Gasteiger partial charge in [0.25, 0.3) is 0 Å². The number of nitrogens with one attached hydrogen (secondary N) is 2. The summed E-state index contributed by atoms with van der Waals surface area (Å²) in [7, 11) is -8.85. The van der Waals surface area contributed by atoms with Crippen LogP contribution in [0.5, 0.6) is 0 Å². The van der Waals surface area contributed by atoms with E-state index in [4.69, 9.17) is 9.11 Å². The summed E-state index contributed by atoms with van der Waals surface area (Å²) < 4.78 is 62.2. The summed E-state index contributed by atoms with van der Waals surface area (Å²) >= 11 is 0. The highest BCUT2D eigenvalue weighted by molar-refractivity contribution is 7.87. The second-order valence-corrected chi connectivity index (χ2v) is 5.04. The molecule has 0 aliphatic rings. The lowest BCUT2D eigenvalue weighted by Crippen LogP contribution is -2.12. The molecule has 0 spiro atoms. The van der Waals surface area contributed by atoms with Gasteiger partial charge in [0.05, 0.1) is 11.4 Å². The fourth-order valence-corrected chi connectivity index (χ4v) is 1.79. The lowest BCUT2D eigenvalue weighted by molar-refractivity contribution is 0.487. The van der Waals surface area contributed by atoms with Gasteiger partial charge in [0.2, 0.25) is 0 Å². The average Bonchev–Trinajstić information content (AvgIpc) is 1.96. The molecule has 0 aromatic heterocycles. The summed E-state index contributed by atoms with van der Waals surface area (Å²) in [5.74, 6) is 0. The standard InChI is InChI=1S/C6H8N2O6S2/c9-15(10,11)7-5-2-1-3-6(4-5)8-16(12,13)14/h1-4,7-8H,(H,9,10,11)(H,12,13,14). The Morgan fingerprint density at radius 2 is 1.25 bits per heavy atom. The molecule has 0 aliphatic carbocycles. The van der Waals surface area contributed by atoms with Crippen molar-refractivity contribution in [3.8, 4) is 0 Å². The summed E-state index contributed by atoms with van der Waals surface area (Å²) in [6.45, 7) is 0. The van der Waals surface area contributed by atoms with Gasteiger partial charge in [-0.05, 0) is 18.2 Å². The SMILES string of the molecule is O=S(=O)(O)Nc1cccc(NS(=O)(=O)O)c1. The van der Waals surface area contributed by atoms with Crippen LogP contribution < -0.4 is 9.44 Å². The van der Waals surface area contributed by atoms with E-state index < -0.39 is 20.6 Å². The van der Waals surface area contributed by atoms with Crippen LogP contribution in [-0.4, -0.2) is 25.9 Å². The molecule has 0 unspecified atom stereocenters. The molecule has 0 bridgehead atoms. The Morgan fingerprint density at radius 1 is 0.875 bits per heavy atom. The van der Waals surface area contributed by atoms with Crippen molar-refractivity contribution in [2.45, 2.75) is 0 Å². The average molecular weight is 268 g/mol. The molecule has 0 aliphatic heterocycles. The quantitative estimate of drug-likeness (QED) is 0.573. The van der Waals surface area contributed by atoms with Gasteiger partial charge in [-0.2, -0.15) is 16.8 Å². The van der Waals surface area contributed by atoms with Gasteiger partial charge in [0.15, 0.2) is 0 Å². The Labute approximate surface area is 92.1 Å². The normalized spacial score (nSPS) is 12.1. The molecule has 0 amide bonds. The van der Waals surface area contributed by atoms with Gasteiger partial charge in [-0.3, -0.25) is 18.5 Å². The van der Waals surface area contributed by atoms with E-state index in [0.29, 0.717) is 0 Å². The van der Waals surface area contributed by atoms with Gasteiger partial charge in [0.1, 0.15) is 0 Å². The van der Waals surface area contributed by atoms with Crippen molar-refractivity contribution >= 4 is 32.0 Å². The smallest absolute Gasteiger partial charge is 0.269 e. The van der Waals surface area contributed by atoms with E-state index in [1.165, 1.54) is 18.2 Å². The van der Waals surface area contributed by atoms with E-state index in [-0.39, 0.29) is 11.4 Å². The Morgan fingerprint density at radius 3 is 1.56 bits per heavy atom. The predicted octanol–water partition coefficient (Wildman–Crippen LogP) is 0.116. The van der Waals surface area contributed by atoms with Crippen LogP contribution in [0.1, 0.15) is 0 Å². The van der Waals surface area contributed by atoms with Crippen LogP contribution in [-0.2, 0) is 20.6 Å². The van der Waals surface area contributed by atoms with Crippen LogP contribution in [0, 0.1) is 0 Å². The molecular weight excluding hydrogens is 260 g/mol. The van der Waals surface area contributed by atoms with Crippen molar-refractivity contribution in [3.63, 3.8) is 0 Å². The van der Waals surface area contributed by atoms with E-state index in [1.807, 2.05) is 0 Å². The Balaban J connectivity index is 2.96. The maximum Gasteiger partial charge on any atom is 0.357 e. The Hall–Kier alpha value is -1.36. The molecule has 0 heterocycles. The molecule has 0 radical (unpaired) electrons. The van der Waals surface area contributed by atoms with E-state index >= 15 is 0 Å². The molecule has 4 N–H and O–H groups in total. The van der Waals surface area contributed by atoms with Crippen molar-refractivity contribution in [2.75, 3.05) is 9.44 Å². The fourth-order valence-electron chi connectivity index (χ4n) is 0.944. The molecule has 1 aromatic rings. The zero-order chi connectivity index (χ0) is 12.4. The highest BCUT2D eigenvalue weighted by Gasteiger charge is 2.07. The maximum absolute atomic E-state index is 10.5. The maximum atomic E-state index is 10.5. The molecule has 0 saturated heterocycles. The number of hydrogen-bond donors (Lipinski definition) is 4. The molecule has 10 heteroatoms. The third-order valence-corrected chi connectivity index (χ3v) is 2.34.